The molecule has 0 aliphatic carbocycles. The molecule has 5 heterocycles. The Labute approximate surface area is 321 Å². The van der Waals surface area contributed by atoms with E-state index >= 15 is 0 Å². The molecule has 0 saturated carbocycles. The zero-order chi connectivity index (χ0) is 41.3. The largest absolute Gasteiger partial charge is 0.414 e. The van der Waals surface area contributed by atoms with Crippen LogP contribution in [0.1, 0.15) is 81.7 Å². The third kappa shape index (κ3) is 8.07. The highest BCUT2D eigenvalue weighted by Crippen LogP contribution is 2.50. The molecule has 3 fully saturated rings. The fourth-order valence-electron chi connectivity index (χ4n) is 7.55. The van der Waals surface area contributed by atoms with Crippen molar-refractivity contribution in [3.05, 3.63) is 66.2 Å². The van der Waals surface area contributed by atoms with E-state index in [0.717, 1.165) is 21.4 Å². The minimum Gasteiger partial charge on any atom is -0.414 e. The molecule has 2 aromatic heterocycles. The number of hydrogen-bond donors (Lipinski definition) is 6. The standard InChI is InChI=1S/C24H40N2O7Si2.C12H14N2O6/c1-10-12-24(29)21-19(31-22(24)26-13-11-20(27)25-23(26)28)14-30-34(15(2)3,16(4)5)33-35(32-21,17(6)7)18(8)9;1-2-4-12(19)9(17)7(6-15)20-10(12)14-5-3-8(16)13-11(14)18/h11,13,15-19,21-22,29H,14H2,1-9H3,(H,25,27,28);3,5,7,9-10,15,17,19H,6H2,1H3,(H,13,16,18)/t19-,21-,22-,24-;7-,9-,10-,12-/m11/s1. The van der Waals surface area contributed by atoms with Crippen LogP contribution in [0, 0.1) is 23.7 Å². The van der Waals surface area contributed by atoms with E-state index in [1.165, 1.54) is 19.2 Å². The zero-order valence-corrected chi connectivity index (χ0v) is 34.9. The Balaban J connectivity index is 0.000000284. The third-order valence-electron chi connectivity index (χ3n) is 10.3. The first-order valence-electron chi connectivity index (χ1n) is 18.3. The van der Waals surface area contributed by atoms with Gasteiger partial charge in [0.25, 0.3) is 11.1 Å². The second kappa shape index (κ2) is 17.0. The van der Waals surface area contributed by atoms with Crippen molar-refractivity contribution in [1.82, 2.24) is 19.1 Å². The Morgan fingerprint density at radius 3 is 1.65 bits per heavy atom. The number of H-pyrrole nitrogens is 2. The van der Waals surface area contributed by atoms with Crippen LogP contribution in [0.15, 0.2) is 43.7 Å². The van der Waals surface area contributed by atoms with Crippen LogP contribution in [0.2, 0.25) is 22.2 Å². The van der Waals surface area contributed by atoms with Crippen molar-refractivity contribution in [1.29, 1.82) is 0 Å². The van der Waals surface area contributed by atoms with Gasteiger partial charge < -0.3 is 42.9 Å². The van der Waals surface area contributed by atoms with Gasteiger partial charge in [0.2, 0.25) is 0 Å². The average molecular weight is 807 g/mol. The molecule has 3 aliphatic rings. The first kappa shape index (κ1) is 44.3. The van der Waals surface area contributed by atoms with E-state index in [1.807, 2.05) is 4.98 Å². The van der Waals surface area contributed by atoms with E-state index in [9.17, 15) is 34.5 Å². The predicted octanol–water partition coefficient (Wildman–Crippen LogP) is 0.686. The fourth-order valence-corrected chi connectivity index (χ4v) is 18.8. The maximum atomic E-state index is 12.7. The van der Waals surface area contributed by atoms with Gasteiger partial charge in [0.05, 0.1) is 13.2 Å². The molecule has 0 aromatic carbocycles. The summed E-state index contributed by atoms with van der Waals surface area (Å²) in [6.07, 6.45) is -4.30. The van der Waals surface area contributed by atoms with Gasteiger partial charge in [0.1, 0.15) is 24.4 Å². The smallest absolute Gasteiger partial charge is 0.335 e. The summed E-state index contributed by atoms with van der Waals surface area (Å²) >= 11 is 0. The Bertz CT molecular complexity index is 2020. The van der Waals surface area contributed by atoms with E-state index in [2.05, 4.69) is 84.1 Å². The van der Waals surface area contributed by atoms with E-state index in [1.54, 1.807) is 6.92 Å². The van der Waals surface area contributed by atoms with Crippen LogP contribution in [0.25, 0.3) is 0 Å². The number of aliphatic hydroxyl groups excluding tert-OH is 2. The van der Waals surface area contributed by atoms with Crippen LogP contribution in [-0.4, -0.2) is 105 Å². The maximum Gasteiger partial charge on any atom is 0.335 e. The molecule has 2 aromatic rings. The molecule has 19 heteroatoms. The lowest BCUT2D eigenvalue weighted by Gasteiger charge is -2.51. The van der Waals surface area contributed by atoms with Gasteiger partial charge in [-0.05, 0) is 36.0 Å². The maximum absolute atomic E-state index is 12.7. The summed E-state index contributed by atoms with van der Waals surface area (Å²) < 4.78 is 34.5. The van der Waals surface area contributed by atoms with Gasteiger partial charge in [-0.15, -0.1) is 11.8 Å². The van der Waals surface area contributed by atoms with Crippen LogP contribution in [0.4, 0.5) is 0 Å². The van der Waals surface area contributed by atoms with Crippen LogP contribution in [0.3, 0.4) is 0 Å². The summed E-state index contributed by atoms with van der Waals surface area (Å²) in [5, 5.41) is 41.6. The lowest BCUT2D eigenvalue weighted by Crippen LogP contribution is -2.67. The van der Waals surface area contributed by atoms with E-state index in [-0.39, 0.29) is 28.8 Å². The van der Waals surface area contributed by atoms with E-state index in [0.29, 0.717) is 0 Å². The molecule has 5 rings (SSSR count). The van der Waals surface area contributed by atoms with Gasteiger partial charge in [-0.3, -0.25) is 28.7 Å². The van der Waals surface area contributed by atoms with Crippen molar-refractivity contribution in [2.24, 2.45) is 0 Å². The summed E-state index contributed by atoms with van der Waals surface area (Å²) in [5.41, 5.74) is -6.19. The zero-order valence-electron chi connectivity index (χ0n) is 32.9. The van der Waals surface area contributed by atoms with Crippen molar-refractivity contribution in [3.63, 3.8) is 0 Å². The molecule has 0 unspecified atom stereocenters. The number of aliphatic hydroxyl groups is 4. The number of aromatic amines is 2. The average Bonchev–Trinajstić information content (AvgIpc) is 3.49. The van der Waals surface area contributed by atoms with Crippen molar-refractivity contribution in [2.45, 2.75) is 139 Å². The molecule has 0 amide bonds. The molecule has 0 radical (unpaired) electrons. The molecule has 55 heavy (non-hydrogen) atoms. The molecule has 3 aliphatic heterocycles. The Hall–Kier alpha value is -3.45. The molecule has 3 saturated heterocycles. The highest BCUT2D eigenvalue weighted by molar-refractivity contribution is 6.84. The normalized spacial score (nSPS) is 31.1. The Morgan fingerprint density at radius 1 is 0.782 bits per heavy atom. The summed E-state index contributed by atoms with van der Waals surface area (Å²) in [4.78, 5) is 51.4. The monoisotopic (exact) mass is 806 g/mol. The topological polar surface area (TPSA) is 237 Å². The van der Waals surface area contributed by atoms with Crippen molar-refractivity contribution in [3.8, 4) is 23.7 Å². The summed E-state index contributed by atoms with van der Waals surface area (Å²) in [6.45, 7) is 19.5. The van der Waals surface area contributed by atoms with Crippen LogP contribution < -0.4 is 22.5 Å². The Kier molecular flexibility index (Phi) is 13.7. The molecule has 304 valence electrons. The minimum atomic E-state index is -3.05. The van der Waals surface area contributed by atoms with Crippen molar-refractivity contribution >= 4 is 17.1 Å². The number of nitrogens with one attached hydrogen (secondary N) is 2. The minimum absolute atomic E-state index is 0.0444. The van der Waals surface area contributed by atoms with Gasteiger partial charge in [-0.2, -0.15) is 0 Å². The van der Waals surface area contributed by atoms with Gasteiger partial charge >= 0.3 is 28.5 Å². The summed E-state index contributed by atoms with van der Waals surface area (Å²) in [6, 6.07) is 2.28. The molecule has 0 bridgehead atoms. The number of rotatable bonds is 7. The molecular weight excluding hydrogens is 753 g/mol. The molecular formula is C36H54N4O13Si2. The number of ether oxygens (including phenoxy) is 2. The van der Waals surface area contributed by atoms with Crippen LogP contribution in [0.5, 0.6) is 0 Å². The number of hydrogen-bond acceptors (Lipinski definition) is 13. The molecule has 8 atom stereocenters. The lowest BCUT2D eigenvalue weighted by atomic mass is 9.94. The lowest BCUT2D eigenvalue weighted by molar-refractivity contribution is -0.0765. The van der Waals surface area contributed by atoms with E-state index in [4.69, 9.17) is 27.5 Å². The second-order valence-electron chi connectivity index (χ2n) is 15.1. The number of nitrogens with zero attached hydrogens (tertiary/aromatic N) is 2. The number of aromatic nitrogens is 4. The van der Waals surface area contributed by atoms with Crippen LogP contribution in [-0.2, 0) is 22.4 Å². The first-order valence-corrected chi connectivity index (χ1v) is 22.2. The number of fused-ring (bicyclic) bond motifs is 1. The first-order chi connectivity index (χ1) is 25.7. The third-order valence-corrected chi connectivity index (χ3v) is 20.5. The summed E-state index contributed by atoms with van der Waals surface area (Å²) in [7, 11) is -5.86. The highest BCUT2D eigenvalue weighted by atomic mass is 28.5. The highest BCUT2D eigenvalue weighted by Gasteiger charge is 2.66. The van der Waals surface area contributed by atoms with Gasteiger partial charge in [0.15, 0.2) is 23.7 Å². The summed E-state index contributed by atoms with van der Waals surface area (Å²) in [5.74, 6) is 10.5. The van der Waals surface area contributed by atoms with Crippen LogP contribution >= 0.6 is 0 Å². The second-order valence-corrected chi connectivity index (χ2v) is 24.0. The molecule has 0 spiro atoms. The molecule has 17 nitrogen and oxygen atoms in total. The molecule has 6 N–H and O–H groups in total. The fraction of sp³-hybridized carbons (Fsp3) is 0.667. The SMILES string of the molecule is CC#C[C@@]1(O)[C@@H]2O[Si](C(C)C)(C(C)C)O[Si](C(C)C)(C(C)C)OC[C@H]2O[C@H]1n1ccc(=O)[nH]c1=O.CC#C[C@@]1(O)[C@H](O)[C@@H](CO)O[C@H]1n1ccc(=O)[nH]c1=O. The van der Waals surface area contributed by atoms with Crippen molar-refractivity contribution < 1.29 is 42.9 Å². The van der Waals surface area contributed by atoms with E-state index < -0.39 is 94.3 Å². The van der Waals surface area contributed by atoms with Crippen molar-refractivity contribution in [2.75, 3.05) is 13.2 Å². The van der Waals surface area contributed by atoms with Gasteiger partial charge in [0, 0.05) is 24.5 Å². The van der Waals surface area contributed by atoms with Gasteiger partial charge in [-0.1, -0.05) is 67.2 Å². The van der Waals surface area contributed by atoms with Gasteiger partial charge in [-0.25, -0.2) is 9.59 Å². The predicted molar refractivity (Wildman–Crippen MR) is 204 cm³/mol. The Morgan fingerprint density at radius 2 is 1.24 bits per heavy atom. The quantitative estimate of drug-likeness (QED) is 0.167.